The van der Waals surface area contributed by atoms with Crippen LogP contribution in [-0.4, -0.2) is 21.6 Å². The molecule has 0 fully saturated rings. The van der Waals surface area contributed by atoms with Gasteiger partial charge in [-0.05, 0) is 19.4 Å². The summed E-state index contributed by atoms with van der Waals surface area (Å²) in [5.74, 6) is 0.910. The topological polar surface area (TPSA) is 39.9 Å². The molecule has 1 atom stereocenters. The number of rotatable bonds is 6. The van der Waals surface area contributed by atoms with Gasteiger partial charge in [0.1, 0.15) is 5.75 Å². The maximum absolute atomic E-state index is 5.61. The lowest BCUT2D eigenvalue weighted by molar-refractivity contribution is 0.335. The molecule has 0 saturated carbocycles. The van der Waals surface area contributed by atoms with Gasteiger partial charge in [-0.25, -0.2) is 4.68 Å². The maximum atomic E-state index is 5.61. The van der Waals surface area contributed by atoms with E-state index in [2.05, 4.69) is 39.2 Å². The highest BCUT2D eigenvalue weighted by molar-refractivity contribution is 9.09. The molecule has 1 heterocycles. The Morgan fingerprint density at radius 1 is 1.32 bits per heavy atom. The van der Waals surface area contributed by atoms with E-state index in [0.717, 1.165) is 23.4 Å². The lowest BCUT2D eigenvalue weighted by Gasteiger charge is -2.09. The van der Waals surface area contributed by atoms with Crippen LogP contribution in [0.3, 0.4) is 0 Å². The summed E-state index contributed by atoms with van der Waals surface area (Å²) in [4.78, 5) is 0.267. The zero-order valence-electron chi connectivity index (χ0n) is 11.2. The number of halogens is 1. The summed E-state index contributed by atoms with van der Waals surface area (Å²) in [7, 11) is 0. The van der Waals surface area contributed by atoms with Crippen LogP contribution in [0.1, 0.15) is 36.4 Å². The highest BCUT2D eigenvalue weighted by Gasteiger charge is 2.10. The van der Waals surface area contributed by atoms with Crippen molar-refractivity contribution in [3.8, 4) is 5.75 Å². The number of ether oxygens (including phenoxy) is 1. The minimum atomic E-state index is 0.267. The summed E-state index contributed by atoms with van der Waals surface area (Å²) in [6.45, 7) is 5.44. The fourth-order valence-corrected chi connectivity index (χ4v) is 2.06. The molecular formula is C14H18BrN3O. The third kappa shape index (κ3) is 3.56. The van der Waals surface area contributed by atoms with Crippen molar-refractivity contribution in [2.24, 2.45) is 0 Å². The first-order chi connectivity index (χ1) is 9.24. The summed E-state index contributed by atoms with van der Waals surface area (Å²) in [6, 6.07) is 8.02. The minimum absolute atomic E-state index is 0.267. The summed E-state index contributed by atoms with van der Waals surface area (Å²) in [5.41, 5.74) is 2.08. The molecule has 4 nitrogen and oxygen atoms in total. The molecule has 102 valence electrons. The fraction of sp³-hybridized carbons (Fsp3) is 0.429. The van der Waals surface area contributed by atoms with Crippen LogP contribution >= 0.6 is 15.9 Å². The van der Waals surface area contributed by atoms with Crippen LogP contribution in [0.25, 0.3) is 0 Å². The van der Waals surface area contributed by atoms with E-state index in [4.69, 9.17) is 4.74 Å². The van der Waals surface area contributed by atoms with Crippen molar-refractivity contribution in [3.05, 3.63) is 41.7 Å². The van der Waals surface area contributed by atoms with Gasteiger partial charge in [0.2, 0.25) is 0 Å². The summed E-state index contributed by atoms with van der Waals surface area (Å²) < 4.78 is 7.46. The van der Waals surface area contributed by atoms with E-state index in [1.54, 1.807) is 0 Å². The molecule has 0 aliphatic carbocycles. The second-order valence-electron chi connectivity index (χ2n) is 4.26. The molecule has 0 saturated heterocycles. The number of hydrogen-bond donors (Lipinski definition) is 0. The van der Waals surface area contributed by atoms with E-state index in [1.165, 1.54) is 0 Å². The third-order valence-corrected chi connectivity index (χ3v) is 3.96. The largest absolute Gasteiger partial charge is 0.494 e. The van der Waals surface area contributed by atoms with Crippen LogP contribution in [0.2, 0.25) is 0 Å². The van der Waals surface area contributed by atoms with Gasteiger partial charge in [-0.3, -0.25) is 0 Å². The Labute approximate surface area is 121 Å². The van der Waals surface area contributed by atoms with Crippen molar-refractivity contribution >= 4 is 15.9 Å². The number of alkyl halides is 1. The van der Waals surface area contributed by atoms with Crippen LogP contribution in [0, 0.1) is 0 Å². The van der Waals surface area contributed by atoms with Gasteiger partial charge in [0.25, 0.3) is 0 Å². The Morgan fingerprint density at radius 3 is 2.84 bits per heavy atom. The van der Waals surface area contributed by atoms with Crippen LogP contribution in [0.15, 0.2) is 30.5 Å². The normalized spacial score (nSPS) is 12.4. The van der Waals surface area contributed by atoms with Gasteiger partial charge in [0.05, 0.1) is 23.7 Å². The summed E-state index contributed by atoms with van der Waals surface area (Å²) in [6.07, 6.45) is 2.97. The van der Waals surface area contributed by atoms with Gasteiger partial charge in [-0.2, -0.15) is 0 Å². The van der Waals surface area contributed by atoms with Crippen LogP contribution in [0.5, 0.6) is 5.75 Å². The lowest BCUT2D eigenvalue weighted by Crippen LogP contribution is -2.03. The van der Waals surface area contributed by atoms with E-state index in [0.29, 0.717) is 13.2 Å². The Balaban J connectivity index is 2.14. The number of nitrogens with zero attached hydrogens (tertiary/aromatic N) is 3. The van der Waals surface area contributed by atoms with E-state index in [9.17, 15) is 0 Å². The average molecular weight is 324 g/mol. The summed E-state index contributed by atoms with van der Waals surface area (Å²) >= 11 is 3.58. The molecule has 19 heavy (non-hydrogen) atoms. The molecule has 1 aromatic carbocycles. The summed E-state index contributed by atoms with van der Waals surface area (Å²) in [5, 5.41) is 8.35. The molecule has 0 aliphatic heterocycles. The predicted octanol–water partition coefficient (Wildman–Crippen LogP) is 3.57. The molecule has 1 unspecified atom stereocenters. The van der Waals surface area contributed by atoms with Crippen molar-refractivity contribution in [3.63, 3.8) is 0 Å². The monoisotopic (exact) mass is 323 g/mol. The third-order valence-electron chi connectivity index (χ3n) is 2.84. The first-order valence-corrected chi connectivity index (χ1v) is 7.41. The van der Waals surface area contributed by atoms with Crippen molar-refractivity contribution < 1.29 is 4.74 Å². The molecule has 2 aromatic rings. The number of benzene rings is 1. The first-order valence-electron chi connectivity index (χ1n) is 6.49. The van der Waals surface area contributed by atoms with Crippen LogP contribution in [-0.2, 0) is 6.54 Å². The Morgan fingerprint density at radius 2 is 2.11 bits per heavy atom. The first kappa shape index (κ1) is 14.1. The standard InChI is InChI=1S/C14H18BrN3O/c1-3-12(15)13-10-18(17-16-13)9-11-7-5-6-8-14(11)19-4-2/h5-8,10,12H,3-4,9H2,1-2H3. The highest BCUT2D eigenvalue weighted by Crippen LogP contribution is 2.24. The van der Waals surface area contributed by atoms with Crippen LogP contribution in [0.4, 0.5) is 0 Å². The van der Waals surface area contributed by atoms with Crippen LogP contribution < -0.4 is 4.74 Å². The number of aromatic nitrogens is 3. The molecular weight excluding hydrogens is 306 g/mol. The zero-order valence-corrected chi connectivity index (χ0v) is 12.8. The Bertz CT molecular complexity index is 527. The minimum Gasteiger partial charge on any atom is -0.494 e. The maximum Gasteiger partial charge on any atom is 0.124 e. The van der Waals surface area contributed by atoms with Gasteiger partial charge < -0.3 is 4.74 Å². The zero-order chi connectivity index (χ0) is 13.7. The van der Waals surface area contributed by atoms with Gasteiger partial charge in [0, 0.05) is 11.8 Å². The Hall–Kier alpha value is -1.36. The molecule has 1 aromatic heterocycles. The fourth-order valence-electron chi connectivity index (χ4n) is 1.85. The molecule has 0 aliphatic rings. The van der Waals surface area contributed by atoms with Gasteiger partial charge in [-0.1, -0.05) is 46.3 Å². The van der Waals surface area contributed by atoms with Crippen molar-refractivity contribution in [1.29, 1.82) is 0 Å². The molecule has 0 bridgehead atoms. The SMILES string of the molecule is CCOc1ccccc1Cn1cc(C(Br)CC)nn1. The molecule has 0 N–H and O–H groups in total. The van der Waals surface area contributed by atoms with Crippen molar-refractivity contribution in [2.75, 3.05) is 6.61 Å². The van der Waals surface area contributed by atoms with Gasteiger partial charge in [-0.15, -0.1) is 5.10 Å². The second-order valence-corrected chi connectivity index (χ2v) is 5.36. The quantitative estimate of drug-likeness (QED) is 0.763. The molecule has 5 heteroatoms. The molecule has 2 rings (SSSR count). The van der Waals surface area contributed by atoms with E-state index >= 15 is 0 Å². The van der Waals surface area contributed by atoms with Gasteiger partial charge >= 0.3 is 0 Å². The lowest BCUT2D eigenvalue weighted by atomic mass is 10.2. The average Bonchev–Trinajstić information content (AvgIpc) is 2.89. The molecule has 0 spiro atoms. The second kappa shape index (κ2) is 6.70. The van der Waals surface area contributed by atoms with E-state index in [1.807, 2.05) is 36.0 Å². The number of hydrogen-bond acceptors (Lipinski definition) is 3. The smallest absolute Gasteiger partial charge is 0.124 e. The highest BCUT2D eigenvalue weighted by atomic mass is 79.9. The predicted molar refractivity (Wildman–Crippen MR) is 78.7 cm³/mol. The van der Waals surface area contributed by atoms with Gasteiger partial charge in [0.15, 0.2) is 0 Å². The number of para-hydroxylation sites is 1. The molecule has 0 radical (unpaired) electrons. The Kier molecular flexibility index (Phi) is 4.96. The van der Waals surface area contributed by atoms with Crippen molar-refractivity contribution in [2.45, 2.75) is 31.6 Å². The molecule has 0 amide bonds. The van der Waals surface area contributed by atoms with E-state index < -0.39 is 0 Å². The van der Waals surface area contributed by atoms with Crippen molar-refractivity contribution in [1.82, 2.24) is 15.0 Å². The van der Waals surface area contributed by atoms with E-state index in [-0.39, 0.29) is 4.83 Å².